The highest BCUT2D eigenvalue weighted by Crippen LogP contribution is 2.09. The Balaban J connectivity index is 3.34. The number of benzene rings is 1. The molecule has 0 bridgehead atoms. The second-order valence-corrected chi connectivity index (χ2v) is 2.30. The van der Waals surface area contributed by atoms with Crippen molar-refractivity contribution in [3.8, 4) is 0 Å². The lowest BCUT2D eigenvalue weighted by atomic mass is 9.78. The number of nitro benzene ring substituents is 1. The summed E-state index contributed by atoms with van der Waals surface area (Å²) in [6.45, 7) is 0. The number of rotatable bonds is 2. The predicted octanol–water partition coefficient (Wildman–Crippen LogP) is -0.586. The Morgan fingerprint density at radius 2 is 2.08 bits per heavy atom. The van der Waals surface area contributed by atoms with Gasteiger partial charge in [-0.25, -0.2) is 4.39 Å². The van der Waals surface area contributed by atoms with E-state index in [1.165, 1.54) is 0 Å². The van der Waals surface area contributed by atoms with E-state index in [0.717, 1.165) is 18.2 Å². The molecule has 0 fully saturated rings. The smallest absolute Gasteiger partial charge is 0.423 e. The summed E-state index contributed by atoms with van der Waals surface area (Å²) in [5.74, 6) is -1.01. The standard InChI is InChI=1S/C6H5BFNO4/c8-4-2-1-3-5(9(12)13)6(4)7(10)11/h1-3,10-11H. The number of hydrogen-bond donors (Lipinski definition) is 2. The van der Waals surface area contributed by atoms with Crippen LogP contribution in [-0.4, -0.2) is 22.1 Å². The van der Waals surface area contributed by atoms with Crippen molar-refractivity contribution < 1.29 is 19.4 Å². The highest BCUT2D eigenvalue weighted by Gasteiger charge is 2.27. The van der Waals surface area contributed by atoms with Crippen LogP contribution in [0.4, 0.5) is 10.1 Å². The van der Waals surface area contributed by atoms with Crippen LogP contribution in [0.2, 0.25) is 0 Å². The Hall–Kier alpha value is -1.47. The first kappa shape index (κ1) is 9.62. The second kappa shape index (κ2) is 3.50. The van der Waals surface area contributed by atoms with Crippen LogP contribution in [0.3, 0.4) is 0 Å². The minimum absolute atomic E-state index is 0.644. The van der Waals surface area contributed by atoms with Crippen LogP contribution >= 0.6 is 0 Å². The highest BCUT2D eigenvalue weighted by molar-refractivity contribution is 6.60. The third-order valence-electron chi connectivity index (χ3n) is 1.48. The predicted molar refractivity (Wildman–Crippen MR) is 42.9 cm³/mol. The molecule has 0 heterocycles. The van der Waals surface area contributed by atoms with E-state index in [2.05, 4.69) is 0 Å². The lowest BCUT2D eigenvalue weighted by molar-refractivity contribution is -0.383. The van der Waals surface area contributed by atoms with E-state index in [4.69, 9.17) is 10.0 Å². The number of nitrogens with zero attached hydrogens (tertiary/aromatic N) is 1. The molecule has 2 N–H and O–H groups in total. The molecule has 13 heavy (non-hydrogen) atoms. The minimum atomic E-state index is -2.18. The van der Waals surface area contributed by atoms with Crippen molar-refractivity contribution in [3.63, 3.8) is 0 Å². The number of hydrogen-bond acceptors (Lipinski definition) is 4. The molecule has 0 aliphatic heterocycles. The molecule has 7 heteroatoms. The zero-order valence-electron chi connectivity index (χ0n) is 6.35. The summed E-state index contributed by atoms with van der Waals surface area (Å²) in [6, 6.07) is 3.04. The maximum Gasteiger partial charge on any atom is 0.498 e. The van der Waals surface area contributed by atoms with Crippen LogP contribution in [-0.2, 0) is 0 Å². The van der Waals surface area contributed by atoms with Crippen molar-refractivity contribution in [1.29, 1.82) is 0 Å². The fraction of sp³-hybridized carbons (Fsp3) is 0. The molecule has 5 nitrogen and oxygen atoms in total. The summed E-state index contributed by atoms with van der Waals surface area (Å²) in [7, 11) is -2.18. The van der Waals surface area contributed by atoms with Gasteiger partial charge in [0.15, 0.2) is 0 Å². The third kappa shape index (κ3) is 1.82. The van der Waals surface area contributed by atoms with Gasteiger partial charge >= 0.3 is 7.12 Å². The normalized spacial score (nSPS) is 9.77. The topological polar surface area (TPSA) is 83.6 Å². The second-order valence-electron chi connectivity index (χ2n) is 2.30. The van der Waals surface area contributed by atoms with Gasteiger partial charge in [-0.2, -0.15) is 0 Å². The van der Waals surface area contributed by atoms with Crippen molar-refractivity contribution >= 4 is 18.3 Å². The maximum atomic E-state index is 12.8. The molecule has 1 aromatic carbocycles. The van der Waals surface area contributed by atoms with Gasteiger partial charge in [0.05, 0.1) is 10.4 Å². The van der Waals surface area contributed by atoms with Gasteiger partial charge in [0.1, 0.15) is 5.82 Å². The molecule has 1 aromatic rings. The first-order chi connectivity index (χ1) is 6.04. The van der Waals surface area contributed by atoms with Gasteiger partial charge in [0, 0.05) is 6.07 Å². The van der Waals surface area contributed by atoms with Crippen LogP contribution in [0.5, 0.6) is 0 Å². The molecule has 0 saturated carbocycles. The van der Waals surface area contributed by atoms with E-state index in [-0.39, 0.29) is 0 Å². The summed E-state index contributed by atoms with van der Waals surface area (Å²) >= 11 is 0. The summed E-state index contributed by atoms with van der Waals surface area (Å²) in [6.07, 6.45) is 0. The van der Waals surface area contributed by atoms with Crippen LogP contribution in [0.25, 0.3) is 0 Å². The Morgan fingerprint density at radius 1 is 1.46 bits per heavy atom. The van der Waals surface area contributed by atoms with Crippen LogP contribution in [0, 0.1) is 15.9 Å². The monoisotopic (exact) mass is 185 g/mol. The van der Waals surface area contributed by atoms with Crippen LogP contribution in [0.1, 0.15) is 0 Å². The molecular weight excluding hydrogens is 180 g/mol. The van der Waals surface area contributed by atoms with Crippen LogP contribution in [0.15, 0.2) is 18.2 Å². The van der Waals surface area contributed by atoms with Gasteiger partial charge in [-0.05, 0) is 6.07 Å². The van der Waals surface area contributed by atoms with E-state index in [9.17, 15) is 14.5 Å². The van der Waals surface area contributed by atoms with Crippen molar-refractivity contribution in [1.82, 2.24) is 0 Å². The summed E-state index contributed by atoms with van der Waals surface area (Å²) in [5.41, 5.74) is -1.36. The quantitative estimate of drug-likeness (QED) is 0.366. The molecule has 0 unspecified atom stereocenters. The van der Waals surface area contributed by atoms with Gasteiger partial charge in [0.2, 0.25) is 0 Å². The average Bonchev–Trinajstić information content (AvgIpc) is 2.02. The molecule has 0 spiro atoms. The van der Waals surface area contributed by atoms with Crippen molar-refractivity contribution in [2.24, 2.45) is 0 Å². The Bertz CT molecular complexity index is 343. The summed E-state index contributed by atoms with van der Waals surface area (Å²) in [4.78, 5) is 9.42. The summed E-state index contributed by atoms with van der Waals surface area (Å²) in [5, 5.41) is 27.6. The number of halogens is 1. The van der Waals surface area contributed by atoms with Crippen molar-refractivity contribution in [2.75, 3.05) is 0 Å². The van der Waals surface area contributed by atoms with Crippen molar-refractivity contribution in [3.05, 3.63) is 34.1 Å². The van der Waals surface area contributed by atoms with Gasteiger partial charge in [-0.1, -0.05) is 6.07 Å². The largest absolute Gasteiger partial charge is 0.498 e. The molecule has 0 atom stereocenters. The van der Waals surface area contributed by atoms with Gasteiger partial charge < -0.3 is 10.0 Å². The fourth-order valence-electron chi connectivity index (χ4n) is 0.940. The molecule has 0 aromatic heterocycles. The molecule has 68 valence electrons. The van der Waals surface area contributed by atoms with Crippen LogP contribution < -0.4 is 5.46 Å². The zero-order valence-corrected chi connectivity index (χ0v) is 6.35. The molecular formula is C6H5BFNO4. The van der Waals surface area contributed by atoms with E-state index >= 15 is 0 Å². The van der Waals surface area contributed by atoms with E-state index < -0.39 is 29.0 Å². The van der Waals surface area contributed by atoms with Gasteiger partial charge in [0.25, 0.3) is 5.69 Å². The Labute approximate surface area is 72.7 Å². The van der Waals surface area contributed by atoms with Gasteiger partial charge in [-0.15, -0.1) is 0 Å². The first-order valence-electron chi connectivity index (χ1n) is 3.33. The van der Waals surface area contributed by atoms with E-state index in [1.807, 2.05) is 0 Å². The molecule has 0 saturated heterocycles. The number of nitro groups is 1. The Morgan fingerprint density at radius 3 is 2.46 bits per heavy atom. The first-order valence-corrected chi connectivity index (χ1v) is 3.33. The molecule has 0 radical (unpaired) electrons. The van der Waals surface area contributed by atoms with Crippen molar-refractivity contribution in [2.45, 2.75) is 0 Å². The molecule has 0 aliphatic rings. The molecule has 0 amide bonds. The Kier molecular flexibility index (Phi) is 2.59. The third-order valence-corrected chi connectivity index (χ3v) is 1.48. The molecule has 1 rings (SSSR count). The highest BCUT2D eigenvalue weighted by atomic mass is 19.1. The summed E-state index contributed by atoms with van der Waals surface area (Å²) < 4.78 is 12.8. The zero-order chi connectivity index (χ0) is 10.0. The lowest BCUT2D eigenvalue weighted by Crippen LogP contribution is -2.34. The van der Waals surface area contributed by atoms with Gasteiger partial charge in [-0.3, -0.25) is 10.1 Å². The maximum absolute atomic E-state index is 12.8. The molecule has 0 aliphatic carbocycles. The van der Waals surface area contributed by atoms with E-state index in [0.29, 0.717) is 0 Å². The minimum Gasteiger partial charge on any atom is -0.423 e. The fourth-order valence-corrected chi connectivity index (χ4v) is 0.940. The van der Waals surface area contributed by atoms with E-state index in [1.54, 1.807) is 0 Å². The average molecular weight is 185 g/mol. The lowest BCUT2D eigenvalue weighted by Gasteiger charge is -2.01. The SMILES string of the molecule is O=[N+]([O-])c1cccc(F)c1B(O)O.